The van der Waals surface area contributed by atoms with Gasteiger partial charge < -0.3 is 14.4 Å². The van der Waals surface area contributed by atoms with Crippen LogP contribution in [0.15, 0.2) is 48.5 Å². The van der Waals surface area contributed by atoms with Crippen LogP contribution in [0.25, 0.3) is 22.2 Å². The van der Waals surface area contributed by atoms with E-state index in [9.17, 15) is 4.79 Å². The van der Waals surface area contributed by atoms with E-state index in [1.807, 2.05) is 53.4 Å². The Kier molecular flexibility index (Phi) is 5.38. The predicted octanol–water partition coefficient (Wildman–Crippen LogP) is 4.79. The zero-order valence-electron chi connectivity index (χ0n) is 17.1. The predicted molar refractivity (Wildman–Crippen MR) is 115 cm³/mol. The number of aromatic nitrogens is 1. The van der Waals surface area contributed by atoms with Crippen LogP contribution in [0, 0.1) is 5.92 Å². The highest BCUT2D eigenvalue weighted by atomic mass is 16.5. The van der Waals surface area contributed by atoms with Gasteiger partial charge in [-0.25, -0.2) is 4.98 Å². The molecule has 0 bridgehead atoms. The first-order valence-electron chi connectivity index (χ1n) is 10.0. The average molecular weight is 390 g/mol. The van der Waals surface area contributed by atoms with E-state index in [1.54, 1.807) is 14.2 Å². The van der Waals surface area contributed by atoms with Crippen molar-refractivity contribution in [2.24, 2.45) is 5.92 Å². The summed E-state index contributed by atoms with van der Waals surface area (Å²) >= 11 is 0. The molecule has 1 aliphatic heterocycles. The SMILES string of the molecule is COc1ccc(-c2cc(C(=O)N3CCC[C@H](C)C3)c3ccccc3n2)cc1OC. The number of carbonyl (C=O) groups is 1. The number of ether oxygens (including phenoxy) is 2. The van der Waals surface area contributed by atoms with Crippen molar-refractivity contribution in [2.45, 2.75) is 19.8 Å². The Hall–Kier alpha value is -3.08. The Morgan fingerprint density at radius 3 is 2.62 bits per heavy atom. The van der Waals surface area contributed by atoms with Crippen molar-refractivity contribution >= 4 is 16.8 Å². The number of amides is 1. The van der Waals surface area contributed by atoms with Crippen LogP contribution in [0.5, 0.6) is 11.5 Å². The van der Waals surface area contributed by atoms with Crippen molar-refractivity contribution in [3.63, 3.8) is 0 Å². The molecule has 1 atom stereocenters. The molecule has 29 heavy (non-hydrogen) atoms. The highest BCUT2D eigenvalue weighted by molar-refractivity contribution is 6.07. The molecule has 2 heterocycles. The first kappa shape index (κ1) is 19.2. The molecule has 5 heteroatoms. The van der Waals surface area contributed by atoms with Gasteiger partial charge in [0.2, 0.25) is 0 Å². The topological polar surface area (TPSA) is 51.7 Å². The summed E-state index contributed by atoms with van der Waals surface area (Å²) in [5, 5.41) is 0.889. The van der Waals surface area contributed by atoms with Crippen molar-refractivity contribution in [1.82, 2.24) is 9.88 Å². The van der Waals surface area contributed by atoms with Crippen molar-refractivity contribution in [3.8, 4) is 22.8 Å². The second-order valence-corrected chi connectivity index (χ2v) is 7.64. The third-order valence-corrected chi connectivity index (χ3v) is 5.57. The number of likely N-dealkylation sites (tertiary alicyclic amines) is 1. The molecule has 0 aliphatic carbocycles. The van der Waals surface area contributed by atoms with Gasteiger partial charge in [-0.15, -0.1) is 0 Å². The number of fused-ring (bicyclic) bond motifs is 1. The first-order valence-corrected chi connectivity index (χ1v) is 10.0. The molecule has 0 saturated carbocycles. The van der Waals surface area contributed by atoms with Crippen LogP contribution in [0.1, 0.15) is 30.1 Å². The van der Waals surface area contributed by atoms with Gasteiger partial charge in [-0.2, -0.15) is 0 Å². The Balaban J connectivity index is 1.82. The summed E-state index contributed by atoms with van der Waals surface area (Å²) in [6, 6.07) is 15.4. The molecule has 0 radical (unpaired) electrons. The van der Waals surface area contributed by atoms with Gasteiger partial charge in [0.25, 0.3) is 5.91 Å². The van der Waals surface area contributed by atoms with E-state index in [4.69, 9.17) is 14.5 Å². The molecular weight excluding hydrogens is 364 g/mol. The zero-order chi connectivity index (χ0) is 20.4. The van der Waals surface area contributed by atoms with Crippen LogP contribution in [-0.4, -0.2) is 43.1 Å². The largest absolute Gasteiger partial charge is 0.493 e. The van der Waals surface area contributed by atoms with Crippen molar-refractivity contribution in [3.05, 3.63) is 54.1 Å². The van der Waals surface area contributed by atoms with Gasteiger partial charge in [0.1, 0.15) is 0 Å². The van der Waals surface area contributed by atoms with E-state index in [2.05, 4.69) is 6.92 Å². The number of carbonyl (C=O) groups excluding carboxylic acids is 1. The standard InChI is InChI=1S/C24H26N2O3/c1-16-7-6-12-26(15-16)24(27)19-14-21(25-20-9-5-4-8-18(19)20)17-10-11-22(28-2)23(13-17)29-3/h4-5,8-11,13-14,16H,6-7,12,15H2,1-3H3/t16-/m0/s1. The van der Waals surface area contributed by atoms with Gasteiger partial charge in [-0.3, -0.25) is 4.79 Å². The molecule has 150 valence electrons. The molecule has 0 spiro atoms. The summed E-state index contributed by atoms with van der Waals surface area (Å²) in [5.41, 5.74) is 3.15. The lowest BCUT2D eigenvalue weighted by Gasteiger charge is -2.31. The second-order valence-electron chi connectivity index (χ2n) is 7.64. The summed E-state index contributed by atoms with van der Waals surface area (Å²) in [5.74, 6) is 1.91. The summed E-state index contributed by atoms with van der Waals surface area (Å²) in [4.78, 5) is 20.2. The molecule has 2 aromatic carbocycles. The van der Waals surface area contributed by atoms with E-state index in [0.717, 1.165) is 41.7 Å². The quantitative estimate of drug-likeness (QED) is 0.643. The minimum absolute atomic E-state index is 0.0804. The lowest BCUT2D eigenvalue weighted by Crippen LogP contribution is -2.39. The van der Waals surface area contributed by atoms with Gasteiger partial charge >= 0.3 is 0 Å². The number of methoxy groups -OCH3 is 2. The molecule has 0 N–H and O–H groups in total. The number of rotatable bonds is 4. The number of hydrogen-bond acceptors (Lipinski definition) is 4. The fourth-order valence-corrected chi connectivity index (χ4v) is 4.04. The molecule has 1 amide bonds. The molecule has 1 saturated heterocycles. The number of para-hydroxylation sites is 1. The van der Waals surface area contributed by atoms with E-state index in [1.165, 1.54) is 6.42 Å². The molecule has 1 fully saturated rings. The van der Waals surface area contributed by atoms with Gasteiger partial charge in [0.15, 0.2) is 11.5 Å². The third kappa shape index (κ3) is 3.77. The third-order valence-electron chi connectivity index (χ3n) is 5.57. The summed E-state index contributed by atoms with van der Waals surface area (Å²) in [6.45, 7) is 3.83. The lowest BCUT2D eigenvalue weighted by molar-refractivity contribution is 0.0685. The van der Waals surface area contributed by atoms with E-state index in [-0.39, 0.29) is 5.91 Å². The minimum atomic E-state index is 0.0804. The minimum Gasteiger partial charge on any atom is -0.493 e. The molecule has 1 aliphatic rings. The fourth-order valence-electron chi connectivity index (χ4n) is 4.04. The molecule has 0 unspecified atom stereocenters. The number of pyridine rings is 1. The highest BCUT2D eigenvalue weighted by Gasteiger charge is 2.24. The van der Waals surface area contributed by atoms with Crippen LogP contribution in [0.2, 0.25) is 0 Å². The fraction of sp³-hybridized carbons (Fsp3) is 0.333. The Morgan fingerprint density at radius 1 is 1.07 bits per heavy atom. The van der Waals surface area contributed by atoms with Crippen molar-refractivity contribution in [1.29, 1.82) is 0 Å². The first-order chi connectivity index (χ1) is 14.1. The van der Waals surface area contributed by atoms with Crippen LogP contribution < -0.4 is 9.47 Å². The van der Waals surface area contributed by atoms with Gasteiger partial charge in [0.05, 0.1) is 31.0 Å². The molecule has 3 aromatic rings. The lowest BCUT2D eigenvalue weighted by atomic mass is 9.98. The summed E-state index contributed by atoms with van der Waals surface area (Å²) in [7, 11) is 3.23. The van der Waals surface area contributed by atoms with Crippen LogP contribution in [-0.2, 0) is 0 Å². The van der Waals surface area contributed by atoms with E-state index >= 15 is 0 Å². The maximum Gasteiger partial charge on any atom is 0.254 e. The molecular formula is C24H26N2O3. The zero-order valence-corrected chi connectivity index (χ0v) is 17.1. The van der Waals surface area contributed by atoms with Crippen molar-refractivity contribution in [2.75, 3.05) is 27.3 Å². The van der Waals surface area contributed by atoms with Gasteiger partial charge in [-0.05, 0) is 49.1 Å². The summed E-state index contributed by atoms with van der Waals surface area (Å²) in [6.07, 6.45) is 2.23. The second kappa shape index (κ2) is 8.11. The van der Waals surface area contributed by atoms with Crippen molar-refractivity contribution < 1.29 is 14.3 Å². The van der Waals surface area contributed by atoms with Crippen LogP contribution in [0.3, 0.4) is 0 Å². The smallest absolute Gasteiger partial charge is 0.254 e. The number of benzene rings is 2. The molecule has 5 nitrogen and oxygen atoms in total. The molecule has 4 rings (SSSR count). The Bertz CT molecular complexity index is 1050. The maximum absolute atomic E-state index is 13.4. The van der Waals surface area contributed by atoms with Gasteiger partial charge in [0, 0.05) is 24.0 Å². The Labute approximate surface area is 171 Å². The highest BCUT2D eigenvalue weighted by Crippen LogP contribution is 2.33. The van der Waals surface area contributed by atoms with Crippen LogP contribution >= 0.6 is 0 Å². The van der Waals surface area contributed by atoms with Gasteiger partial charge in [-0.1, -0.05) is 25.1 Å². The number of nitrogens with zero attached hydrogens (tertiary/aromatic N) is 2. The maximum atomic E-state index is 13.4. The normalized spacial score (nSPS) is 16.7. The van der Waals surface area contributed by atoms with Crippen LogP contribution in [0.4, 0.5) is 0 Å². The Morgan fingerprint density at radius 2 is 1.86 bits per heavy atom. The average Bonchev–Trinajstić information content (AvgIpc) is 2.77. The summed E-state index contributed by atoms with van der Waals surface area (Å²) < 4.78 is 10.8. The number of piperidine rings is 1. The number of hydrogen-bond donors (Lipinski definition) is 0. The molecule has 1 aromatic heterocycles. The van der Waals surface area contributed by atoms with E-state index < -0.39 is 0 Å². The van der Waals surface area contributed by atoms with E-state index in [0.29, 0.717) is 23.0 Å². The monoisotopic (exact) mass is 390 g/mol.